The smallest absolute Gasteiger partial charge is 0.223 e. The van der Waals surface area contributed by atoms with Crippen molar-refractivity contribution >= 4 is 34.8 Å². The van der Waals surface area contributed by atoms with Gasteiger partial charge in [0.15, 0.2) is 5.84 Å². The molecule has 1 unspecified atom stereocenters. The summed E-state index contributed by atoms with van der Waals surface area (Å²) in [5.74, 6) is 3.74. The molecule has 4 aromatic carbocycles. The Balaban J connectivity index is 0.865. The van der Waals surface area contributed by atoms with E-state index in [9.17, 15) is 4.79 Å². The number of carbonyl (C=O) groups is 1. The van der Waals surface area contributed by atoms with Crippen LogP contribution >= 0.6 is 0 Å². The maximum absolute atomic E-state index is 13.7. The second kappa shape index (κ2) is 18.3. The summed E-state index contributed by atoms with van der Waals surface area (Å²) in [6, 6.07) is 33.7. The quantitative estimate of drug-likeness (QED) is 0.0741. The highest BCUT2D eigenvalue weighted by Gasteiger charge is 2.36. The third-order valence-electron chi connectivity index (χ3n) is 11.1. The topological polar surface area (TPSA) is 221 Å². The number of nitrogens with zero attached hydrogens (tertiary/aromatic N) is 6. The predicted molar refractivity (Wildman–Crippen MR) is 237 cm³/mol. The van der Waals surface area contributed by atoms with E-state index in [2.05, 4.69) is 20.2 Å². The Morgan fingerprint density at radius 3 is 2.07 bits per heavy atom. The number of aromatic nitrogens is 2. The van der Waals surface area contributed by atoms with Crippen molar-refractivity contribution in [3.05, 3.63) is 144 Å². The minimum atomic E-state index is -0.0855. The van der Waals surface area contributed by atoms with Crippen LogP contribution in [0, 0.1) is 10.8 Å². The molecule has 2 saturated heterocycles. The standard InChI is InChI=1S/C46H50N12O3/c47-41(30-15-19-36(20-16-30)60-34-11-3-1-4-12-34)39-44(50)52-29-53-46(39)54-32-9-7-25-57(27-32)38(59)23-26-56-24-8-10-33(28-56)58-45(51)40(43(48)49)42(55-58)31-17-21-37(22-18-31)61-35-13-5-2-6-14-35/h1-6,11-22,29,32-33,47,51H,7-10,23-28,48-49H2,(H3,50,52,53,54)/t32-,33?/m1/s1. The number of likely N-dealkylation sites (tertiary alicyclic amines) is 2. The zero-order chi connectivity index (χ0) is 42.3. The van der Waals surface area contributed by atoms with Gasteiger partial charge in [-0.3, -0.25) is 15.6 Å². The number of carbonyl (C=O) groups excluding carboxylic acids is 1. The molecule has 0 saturated carbocycles. The van der Waals surface area contributed by atoms with Gasteiger partial charge in [-0.1, -0.05) is 36.4 Å². The van der Waals surface area contributed by atoms with E-state index in [1.165, 1.54) is 6.33 Å². The van der Waals surface area contributed by atoms with Gasteiger partial charge in [-0.05, 0) is 105 Å². The van der Waals surface area contributed by atoms with Crippen LogP contribution in [0.4, 0.5) is 11.6 Å². The molecule has 4 heterocycles. The lowest BCUT2D eigenvalue weighted by atomic mass is 10.0. The summed E-state index contributed by atoms with van der Waals surface area (Å²) in [6.45, 7) is 3.25. The SMILES string of the molecule is N=C(c1ccc(Oc2ccccc2)cc1)c1c(N)ncnc1N[C@@H]1CCCN(C(=O)CCN2CCCC(N3N=C(c4ccc(Oc5ccccc5)cc4)C(=C(N)N)C3=N)C2)C1. The molecule has 312 valence electrons. The molecule has 5 aromatic rings. The van der Waals surface area contributed by atoms with Crippen molar-refractivity contribution in [2.45, 2.75) is 44.2 Å². The summed E-state index contributed by atoms with van der Waals surface area (Å²) in [7, 11) is 0. The molecule has 1 aromatic heterocycles. The molecule has 0 bridgehead atoms. The fraction of sp³-hybridized carbons (Fsp3) is 0.261. The number of piperidine rings is 2. The van der Waals surface area contributed by atoms with Crippen LogP contribution in [-0.4, -0.2) is 92.8 Å². The summed E-state index contributed by atoms with van der Waals surface area (Å²) >= 11 is 0. The van der Waals surface area contributed by atoms with Crippen LogP contribution < -0.4 is 32.0 Å². The van der Waals surface area contributed by atoms with E-state index in [0.717, 1.165) is 49.3 Å². The fourth-order valence-corrected chi connectivity index (χ4v) is 8.05. The highest BCUT2D eigenvalue weighted by atomic mass is 16.5. The monoisotopic (exact) mass is 818 g/mol. The van der Waals surface area contributed by atoms with Gasteiger partial charge >= 0.3 is 0 Å². The largest absolute Gasteiger partial charge is 0.457 e. The maximum atomic E-state index is 13.7. The van der Waals surface area contributed by atoms with Gasteiger partial charge in [0.25, 0.3) is 0 Å². The van der Waals surface area contributed by atoms with Gasteiger partial charge in [-0.25, -0.2) is 15.0 Å². The summed E-state index contributed by atoms with van der Waals surface area (Å²) in [6.07, 6.45) is 5.15. The second-order valence-corrected chi connectivity index (χ2v) is 15.4. The van der Waals surface area contributed by atoms with Crippen LogP contribution in [0.15, 0.2) is 132 Å². The van der Waals surface area contributed by atoms with Crippen LogP contribution in [0.3, 0.4) is 0 Å². The molecule has 3 aliphatic heterocycles. The van der Waals surface area contributed by atoms with Crippen LogP contribution in [0.2, 0.25) is 0 Å². The first-order valence-electron chi connectivity index (χ1n) is 20.5. The molecule has 2 fully saturated rings. The summed E-state index contributed by atoms with van der Waals surface area (Å²) in [5.41, 5.74) is 21.6. The van der Waals surface area contributed by atoms with Crippen molar-refractivity contribution in [2.75, 3.05) is 43.8 Å². The summed E-state index contributed by atoms with van der Waals surface area (Å²) in [5, 5.41) is 28.3. The molecule has 61 heavy (non-hydrogen) atoms. The van der Waals surface area contributed by atoms with Crippen molar-refractivity contribution in [1.29, 1.82) is 10.8 Å². The van der Waals surface area contributed by atoms with Crippen LogP contribution in [0.1, 0.15) is 48.8 Å². The number of hydrogen-bond acceptors (Lipinski definition) is 13. The molecule has 15 nitrogen and oxygen atoms in total. The summed E-state index contributed by atoms with van der Waals surface area (Å²) < 4.78 is 11.9. The number of rotatable bonds is 13. The molecule has 2 atom stereocenters. The van der Waals surface area contributed by atoms with Gasteiger partial charge in [-0.2, -0.15) is 5.10 Å². The number of nitrogens with two attached hydrogens (primary N) is 3. The van der Waals surface area contributed by atoms with Crippen LogP contribution in [0.5, 0.6) is 23.0 Å². The number of anilines is 2. The first-order valence-corrected chi connectivity index (χ1v) is 20.5. The number of nitrogen functional groups attached to an aromatic ring is 1. The van der Waals surface area contributed by atoms with E-state index >= 15 is 0 Å². The Kier molecular flexibility index (Phi) is 12.2. The maximum Gasteiger partial charge on any atom is 0.223 e. The number of amidine groups is 1. The molecule has 1 amide bonds. The minimum absolute atomic E-state index is 0.0427. The number of ether oxygens (including phenoxy) is 2. The van der Waals surface area contributed by atoms with Gasteiger partial charge in [0.2, 0.25) is 5.91 Å². The molecular formula is C46H50N12O3. The molecule has 3 aliphatic rings. The molecule has 8 rings (SSSR count). The Hall–Kier alpha value is -7.26. The normalized spacial score (nSPS) is 18.1. The van der Waals surface area contributed by atoms with E-state index in [1.54, 1.807) is 5.01 Å². The highest BCUT2D eigenvalue weighted by Crippen LogP contribution is 2.30. The van der Waals surface area contributed by atoms with Crippen molar-refractivity contribution in [1.82, 2.24) is 24.8 Å². The van der Waals surface area contributed by atoms with Crippen molar-refractivity contribution in [3.63, 3.8) is 0 Å². The first kappa shape index (κ1) is 40.5. The van der Waals surface area contributed by atoms with Gasteiger partial charge in [-0.15, -0.1) is 0 Å². The lowest BCUT2D eigenvalue weighted by Crippen LogP contribution is -2.49. The van der Waals surface area contributed by atoms with E-state index in [0.29, 0.717) is 72.3 Å². The molecule has 0 radical (unpaired) electrons. The van der Waals surface area contributed by atoms with E-state index in [1.807, 2.05) is 114 Å². The second-order valence-electron chi connectivity index (χ2n) is 15.4. The number of amides is 1. The van der Waals surface area contributed by atoms with Gasteiger partial charge in [0.1, 0.15) is 52.5 Å². The fourth-order valence-electron chi connectivity index (χ4n) is 8.05. The zero-order valence-electron chi connectivity index (χ0n) is 33.8. The van der Waals surface area contributed by atoms with Gasteiger partial charge < -0.3 is 41.8 Å². The van der Waals surface area contributed by atoms with Crippen LogP contribution in [0.25, 0.3) is 0 Å². The average Bonchev–Trinajstić information content (AvgIpc) is 3.64. The zero-order valence-corrected chi connectivity index (χ0v) is 33.8. The lowest BCUT2D eigenvalue weighted by molar-refractivity contribution is -0.132. The van der Waals surface area contributed by atoms with Crippen molar-refractivity contribution in [3.8, 4) is 23.0 Å². The Bertz CT molecular complexity index is 2420. The number of hydrazone groups is 1. The third-order valence-corrected chi connectivity index (χ3v) is 11.1. The minimum Gasteiger partial charge on any atom is -0.457 e. The van der Waals surface area contributed by atoms with E-state index in [4.69, 9.17) is 42.6 Å². The van der Waals surface area contributed by atoms with Crippen LogP contribution in [-0.2, 0) is 4.79 Å². The number of hydrogen-bond donors (Lipinski definition) is 6. The van der Waals surface area contributed by atoms with E-state index < -0.39 is 0 Å². The molecule has 9 N–H and O–H groups in total. The molecule has 0 aliphatic carbocycles. The molecule has 0 spiro atoms. The number of benzene rings is 4. The van der Waals surface area contributed by atoms with Gasteiger partial charge in [0.05, 0.1) is 22.9 Å². The van der Waals surface area contributed by atoms with Crippen molar-refractivity contribution < 1.29 is 14.3 Å². The Labute approximate surface area is 354 Å². The average molecular weight is 819 g/mol. The highest BCUT2D eigenvalue weighted by molar-refractivity contribution is 6.32. The Morgan fingerprint density at radius 1 is 0.787 bits per heavy atom. The lowest BCUT2D eigenvalue weighted by Gasteiger charge is -2.37. The van der Waals surface area contributed by atoms with Gasteiger partial charge in [0, 0.05) is 49.8 Å². The summed E-state index contributed by atoms with van der Waals surface area (Å²) in [4.78, 5) is 26.6. The number of para-hydroxylation sites is 2. The first-order chi connectivity index (χ1) is 29.7. The van der Waals surface area contributed by atoms with E-state index in [-0.39, 0.29) is 41.2 Å². The van der Waals surface area contributed by atoms with Crippen molar-refractivity contribution in [2.24, 2.45) is 16.6 Å². The number of nitrogens with one attached hydrogen (secondary N) is 3. The molecule has 15 heteroatoms. The third kappa shape index (κ3) is 9.47. The predicted octanol–water partition coefficient (Wildman–Crippen LogP) is 6.14. The molecular weight excluding hydrogens is 769 g/mol. The Morgan fingerprint density at radius 2 is 1.41 bits per heavy atom.